The average Bonchev–Trinajstić information content (AvgIpc) is 1.83. The van der Waals surface area contributed by atoms with Gasteiger partial charge in [0, 0.05) is 13.8 Å². The Morgan fingerprint density at radius 1 is 1.44 bits per heavy atom. The molecule has 0 unspecified atom stereocenters. The Morgan fingerprint density at radius 3 is 2.56 bits per heavy atom. The predicted molar refractivity (Wildman–Crippen MR) is 33.6 cm³/mol. The highest BCUT2D eigenvalue weighted by Gasteiger charge is 1.95. The summed E-state index contributed by atoms with van der Waals surface area (Å²) in [5.74, 6) is 0. The lowest BCUT2D eigenvalue weighted by Crippen LogP contribution is -1.92. The van der Waals surface area contributed by atoms with Gasteiger partial charge in [-0.15, -0.1) is 0 Å². The minimum Gasteiger partial charge on any atom is -0.159 e. The van der Waals surface area contributed by atoms with Crippen LogP contribution in [0.25, 0.3) is 0 Å². The number of aryl methyl sites for hydroxylation is 1. The van der Waals surface area contributed by atoms with Crippen molar-refractivity contribution in [3.63, 3.8) is 0 Å². The summed E-state index contributed by atoms with van der Waals surface area (Å²) in [7, 11) is 0. The number of rotatable bonds is 0. The van der Waals surface area contributed by atoms with Crippen LogP contribution in [0.1, 0.15) is 16.8 Å². The fraction of sp³-hybridized carbons (Fsp3) is 0.143. The Kier molecular flexibility index (Phi) is 1.47. The van der Waals surface area contributed by atoms with E-state index in [4.69, 9.17) is 13.8 Å². The fourth-order valence-electron chi connectivity index (χ4n) is 0.503. The van der Waals surface area contributed by atoms with Crippen LogP contribution in [0, 0.1) is 20.8 Å². The molecule has 1 aromatic rings. The largest absolute Gasteiger partial charge is 0.159 e. The Bertz CT molecular complexity index is 198. The Morgan fingerprint density at radius 2 is 2.11 bits per heavy atom. The minimum atomic E-state index is 0.301. The highest BCUT2D eigenvalue weighted by Crippen LogP contribution is 2.05. The number of aromatic nitrogens is 2. The van der Waals surface area contributed by atoms with E-state index in [2.05, 4.69) is 10.2 Å². The molecule has 0 aliphatic rings. The van der Waals surface area contributed by atoms with Gasteiger partial charge < -0.3 is 0 Å². The van der Waals surface area contributed by atoms with Crippen molar-refractivity contribution in [2.24, 2.45) is 0 Å². The molecular weight excluding hydrogens is 112 g/mol. The third-order valence-electron chi connectivity index (χ3n) is 1.12. The minimum absolute atomic E-state index is 0.301. The fourth-order valence-corrected chi connectivity index (χ4v) is 0.503. The maximum absolute atomic E-state index is 5.45. The molecule has 4 radical (unpaired) electrons. The summed E-state index contributed by atoms with van der Waals surface area (Å²) in [6.45, 7) is 12.6. The second-order valence-corrected chi connectivity index (χ2v) is 1.83. The summed E-state index contributed by atoms with van der Waals surface area (Å²) in [5, 5.41) is 7.13. The molecule has 0 amide bonds. The van der Waals surface area contributed by atoms with Gasteiger partial charge >= 0.3 is 0 Å². The van der Waals surface area contributed by atoms with Gasteiger partial charge in [0.25, 0.3) is 0 Å². The molecule has 0 fully saturated rings. The van der Waals surface area contributed by atoms with E-state index in [1.807, 2.05) is 6.92 Å². The van der Waals surface area contributed by atoms with Crippen LogP contribution in [0.5, 0.6) is 0 Å². The molecule has 2 nitrogen and oxygen atoms in total. The van der Waals surface area contributed by atoms with Crippen LogP contribution in [0.2, 0.25) is 0 Å². The molecule has 0 bridgehead atoms. The topological polar surface area (TPSA) is 25.8 Å². The Hall–Kier alpha value is -0.920. The molecule has 0 atom stereocenters. The van der Waals surface area contributed by atoms with Gasteiger partial charge in [-0.25, -0.2) is 0 Å². The molecule has 44 valence electrons. The first-order valence-corrected chi connectivity index (χ1v) is 2.55. The predicted octanol–water partition coefficient (Wildman–Crippen LogP) is 0.903. The molecule has 0 N–H and O–H groups in total. The molecule has 0 saturated carbocycles. The van der Waals surface area contributed by atoms with Crippen LogP contribution in [0.3, 0.4) is 0 Å². The summed E-state index contributed by atoms with van der Waals surface area (Å²) in [5.41, 5.74) is 1.68. The van der Waals surface area contributed by atoms with Crippen molar-refractivity contribution in [3.8, 4) is 0 Å². The number of hydrogen-bond donors (Lipinski definition) is 0. The number of hydrogen-bond acceptors (Lipinski definition) is 2. The van der Waals surface area contributed by atoms with Crippen LogP contribution >= 0.6 is 0 Å². The van der Waals surface area contributed by atoms with Crippen molar-refractivity contribution < 1.29 is 0 Å². The molecule has 1 aromatic heterocycles. The van der Waals surface area contributed by atoms with Gasteiger partial charge in [0.05, 0.1) is 11.9 Å². The van der Waals surface area contributed by atoms with Gasteiger partial charge in [0.15, 0.2) is 0 Å². The zero-order valence-corrected chi connectivity index (χ0v) is 5.13. The molecule has 2 heteroatoms. The molecule has 0 saturated heterocycles. The van der Waals surface area contributed by atoms with E-state index in [1.165, 1.54) is 0 Å². The van der Waals surface area contributed by atoms with Gasteiger partial charge in [-0.2, -0.15) is 10.2 Å². The third-order valence-corrected chi connectivity index (χ3v) is 1.12. The molecule has 1 rings (SSSR count). The van der Waals surface area contributed by atoms with E-state index in [1.54, 1.807) is 6.20 Å². The van der Waals surface area contributed by atoms with E-state index in [0.717, 1.165) is 5.56 Å². The molecule has 0 spiro atoms. The van der Waals surface area contributed by atoms with Crippen molar-refractivity contribution in [1.82, 2.24) is 10.2 Å². The van der Waals surface area contributed by atoms with E-state index in [-0.39, 0.29) is 0 Å². The normalized spacial score (nSPS) is 9.67. The lowest BCUT2D eigenvalue weighted by Gasteiger charge is -1.97. The van der Waals surface area contributed by atoms with Gasteiger partial charge in [-0.05, 0) is 18.1 Å². The van der Waals surface area contributed by atoms with Gasteiger partial charge in [0.1, 0.15) is 0 Å². The summed E-state index contributed by atoms with van der Waals surface area (Å²) in [4.78, 5) is 0. The van der Waals surface area contributed by atoms with Crippen molar-refractivity contribution in [3.05, 3.63) is 36.9 Å². The molecule has 0 aliphatic heterocycles. The first kappa shape index (κ1) is 6.20. The van der Waals surface area contributed by atoms with E-state index in [0.29, 0.717) is 11.3 Å². The van der Waals surface area contributed by atoms with Crippen LogP contribution in [-0.4, -0.2) is 10.2 Å². The Labute approximate surface area is 54.9 Å². The molecule has 1 heterocycles. The van der Waals surface area contributed by atoms with Gasteiger partial charge in [0.2, 0.25) is 0 Å². The van der Waals surface area contributed by atoms with Gasteiger partial charge in [-0.1, -0.05) is 0 Å². The van der Waals surface area contributed by atoms with E-state index >= 15 is 0 Å². The van der Waals surface area contributed by atoms with E-state index in [9.17, 15) is 0 Å². The highest BCUT2D eigenvalue weighted by molar-refractivity contribution is 5.30. The van der Waals surface area contributed by atoms with Gasteiger partial charge in [-0.3, -0.25) is 0 Å². The van der Waals surface area contributed by atoms with Crippen molar-refractivity contribution in [2.75, 3.05) is 0 Å². The first-order chi connectivity index (χ1) is 4.22. The van der Waals surface area contributed by atoms with Crippen molar-refractivity contribution in [2.45, 2.75) is 6.92 Å². The van der Waals surface area contributed by atoms with Crippen LogP contribution in [0.4, 0.5) is 0 Å². The SMILES string of the molecule is [CH]c1nncc(C)c1[CH]. The monoisotopic (exact) mass is 118 g/mol. The van der Waals surface area contributed by atoms with Crippen molar-refractivity contribution >= 4 is 0 Å². The highest BCUT2D eigenvalue weighted by atomic mass is 15.1. The standard InChI is InChI=1S/C7H6N2/c1-5-4-8-9-7(3)6(5)2/h2-4H,1H3. The summed E-state index contributed by atoms with van der Waals surface area (Å²) >= 11 is 0. The smallest absolute Gasteiger partial charge is 0.0713 e. The van der Waals surface area contributed by atoms with Crippen molar-refractivity contribution in [1.29, 1.82) is 0 Å². The average molecular weight is 118 g/mol. The lowest BCUT2D eigenvalue weighted by atomic mass is 10.2. The quantitative estimate of drug-likeness (QED) is 0.506. The van der Waals surface area contributed by atoms with E-state index < -0.39 is 0 Å². The second-order valence-electron chi connectivity index (χ2n) is 1.83. The summed E-state index contributed by atoms with van der Waals surface area (Å²) in [6.07, 6.45) is 1.58. The number of nitrogens with zero attached hydrogens (tertiary/aromatic N) is 2. The van der Waals surface area contributed by atoms with Crippen LogP contribution in [-0.2, 0) is 0 Å². The molecule has 0 aliphatic carbocycles. The Balaban J connectivity index is 3.25. The maximum Gasteiger partial charge on any atom is 0.0713 e. The van der Waals surface area contributed by atoms with Crippen LogP contribution < -0.4 is 0 Å². The zero-order valence-electron chi connectivity index (χ0n) is 5.13. The zero-order chi connectivity index (χ0) is 6.85. The summed E-state index contributed by atoms with van der Waals surface area (Å²) < 4.78 is 0. The molecule has 0 aromatic carbocycles. The maximum atomic E-state index is 5.45. The second kappa shape index (κ2) is 2.13. The molecular formula is C7H6N2. The summed E-state index contributed by atoms with van der Waals surface area (Å²) in [6, 6.07) is 0. The van der Waals surface area contributed by atoms with Crippen LogP contribution in [0.15, 0.2) is 6.20 Å². The molecule has 9 heavy (non-hydrogen) atoms. The first-order valence-electron chi connectivity index (χ1n) is 2.55. The third kappa shape index (κ3) is 1.07. The lowest BCUT2D eigenvalue weighted by molar-refractivity contribution is 0.980.